The Balaban J connectivity index is 2.81. The van der Waals surface area contributed by atoms with Gasteiger partial charge in [0.05, 0.1) is 12.2 Å². The van der Waals surface area contributed by atoms with Gasteiger partial charge in [0.1, 0.15) is 11.6 Å². The maximum atomic E-state index is 12.4. The average Bonchev–Trinajstić information content (AvgIpc) is 2.68. The third-order valence-electron chi connectivity index (χ3n) is 3.93. The van der Waals surface area contributed by atoms with Gasteiger partial charge in [-0.25, -0.2) is 4.79 Å². The SMILES string of the molecule is CCCCN(/C=C(/C#N)C(=O)Nc1ccc(C(=O)OCC)cc1)CCCC. The van der Waals surface area contributed by atoms with Crippen LogP contribution in [0.5, 0.6) is 0 Å². The summed E-state index contributed by atoms with van der Waals surface area (Å²) in [6, 6.07) is 8.38. The van der Waals surface area contributed by atoms with Crippen LogP contribution in [0.3, 0.4) is 0 Å². The second kappa shape index (κ2) is 12.5. The van der Waals surface area contributed by atoms with E-state index in [0.717, 1.165) is 38.8 Å². The van der Waals surface area contributed by atoms with Gasteiger partial charge in [-0.05, 0) is 44.0 Å². The molecule has 6 nitrogen and oxygen atoms in total. The quantitative estimate of drug-likeness (QED) is 0.359. The number of hydrogen-bond donors (Lipinski definition) is 1. The molecule has 0 aliphatic heterocycles. The molecule has 0 fully saturated rings. The van der Waals surface area contributed by atoms with Crippen molar-refractivity contribution in [2.45, 2.75) is 46.5 Å². The lowest BCUT2D eigenvalue weighted by Crippen LogP contribution is -2.23. The number of carbonyl (C=O) groups excluding carboxylic acids is 2. The Hall–Kier alpha value is -2.81. The number of ether oxygens (including phenoxy) is 1. The number of hydrogen-bond acceptors (Lipinski definition) is 5. The Morgan fingerprint density at radius 2 is 1.70 bits per heavy atom. The Morgan fingerprint density at radius 3 is 2.19 bits per heavy atom. The minimum Gasteiger partial charge on any atom is -0.462 e. The normalized spacial score (nSPS) is 10.8. The van der Waals surface area contributed by atoms with E-state index in [1.807, 2.05) is 11.0 Å². The summed E-state index contributed by atoms with van der Waals surface area (Å²) in [5.74, 6) is -0.866. The maximum absolute atomic E-state index is 12.4. The molecule has 1 N–H and O–H groups in total. The molecule has 0 aliphatic rings. The molecule has 0 radical (unpaired) electrons. The highest BCUT2D eigenvalue weighted by Gasteiger charge is 2.12. The number of anilines is 1. The highest BCUT2D eigenvalue weighted by molar-refractivity contribution is 6.06. The average molecular weight is 371 g/mol. The molecule has 146 valence electrons. The van der Waals surface area contributed by atoms with Crippen molar-refractivity contribution >= 4 is 17.6 Å². The van der Waals surface area contributed by atoms with Crippen molar-refractivity contribution < 1.29 is 14.3 Å². The fourth-order valence-corrected chi connectivity index (χ4v) is 2.39. The molecule has 1 rings (SSSR count). The molecule has 0 spiro atoms. The summed E-state index contributed by atoms with van der Waals surface area (Å²) < 4.78 is 4.93. The zero-order valence-corrected chi connectivity index (χ0v) is 16.5. The van der Waals surface area contributed by atoms with E-state index in [4.69, 9.17) is 4.74 Å². The van der Waals surface area contributed by atoms with Gasteiger partial charge in [-0.3, -0.25) is 4.79 Å². The summed E-state index contributed by atoms with van der Waals surface area (Å²) in [6.07, 6.45) is 5.77. The molecular weight excluding hydrogens is 342 g/mol. The molecule has 0 atom stereocenters. The number of nitriles is 1. The van der Waals surface area contributed by atoms with E-state index in [2.05, 4.69) is 19.2 Å². The van der Waals surface area contributed by atoms with Gasteiger partial charge in [0.15, 0.2) is 0 Å². The van der Waals surface area contributed by atoms with Crippen molar-refractivity contribution in [2.75, 3.05) is 25.0 Å². The van der Waals surface area contributed by atoms with Crippen LogP contribution in [0.1, 0.15) is 56.8 Å². The molecule has 0 saturated carbocycles. The monoisotopic (exact) mass is 371 g/mol. The van der Waals surface area contributed by atoms with Gasteiger partial charge in [-0.15, -0.1) is 0 Å². The van der Waals surface area contributed by atoms with E-state index >= 15 is 0 Å². The standard InChI is InChI=1S/C21H29N3O3/c1-4-7-13-24(14-8-5-2)16-18(15-22)20(25)23-19-11-9-17(10-12-19)21(26)27-6-3/h9-12,16H,4-8,13-14H2,1-3H3,(H,23,25)/b18-16-. The second-order valence-corrected chi connectivity index (χ2v) is 6.15. The Bertz CT molecular complexity index is 667. The van der Waals surface area contributed by atoms with Crippen LogP contribution in [-0.4, -0.2) is 36.5 Å². The van der Waals surface area contributed by atoms with E-state index in [9.17, 15) is 14.9 Å². The van der Waals surface area contributed by atoms with Crippen LogP contribution in [0, 0.1) is 11.3 Å². The first-order chi connectivity index (χ1) is 13.0. The number of esters is 1. The van der Waals surface area contributed by atoms with Gasteiger partial charge < -0.3 is 15.0 Å². The number of amides is 1. The van der Waals surface area contributed by atoms with Crippen molar-refractivity contribution in [2.24, 2.45) is 0 Å². The van der Waals surface area contributed by atoms with Crippen molar-refractivity contribution in [3.63, 3.8) is 0 Å². The summed E-state index contributed by atoms with van der Waals surface area (Å²) in [4.78, 5) is 26.1. The number of benzene rings is 1. The Morgan fingerprint density at radius 1 is 1.11 bits per heavy atom. The number of carbonyl (C=O) groups is 2. The largest absolute Gasteiger partial charge is 0.462 e. The van der Waals surface area contributed by atoms with Crippen molar-refractivity contribution in [1.29, 1.82) is 5.26 Å². The fraction of sp³-hybridized carbons (Fsp3) is 0.476. The minimum atomic E-state index is -0.459. The maximum Gasteiger partial charge on any atom is 0.338 e. The van der Waals surface area contributed by atoms with E-state index in [0.29, 0.717) is 17.9 Å². The summed E-state index contributed by atoms with van der Waals surface area (Å²) in [5, 5.41) is 12.1. The lowest BCUT2D eigenvalue weighted by molar-refractivity contribution is -0.112. The van der Waals surface area contributed by atoms with Gasteiger partial charge in [0, 0.05) is 25.0 Å². The van der Waals surface area contributed by atoms with E-state index in [1.165, 1.54) is 0 Å². The van der Waals surface area contributed by atoms with Gasteiger partial charge in [0.2, 0.25) is 0 Å². The zero-order chi connectivity index (χ0) is 20.1. The molecule has 1 aromatic carbocycles. The first-order valence-electron chi connectivity index (χ1n) is 9.50. The van der Waals surface area contributed by atoms with Crippen LogP contribution in [0.4, 0.5) is 5.69 Å². The van der Waals surface area contributed by atoms with Crippen LogP contribution in [0.25, 0.3) is 0 Å². The summed E-state index contributed by atoms with van der Waals surface area (Å²) in [6.45, 7) is 7.91. The van der Waals surface area contributed by atoms with Crippen LogP contribution in [0.15, 0.2) is 36.0 Å². The van der Waals surface area contributed by atoms with Crippen LogP contribution in [-0.2, 0) is 9.53 Å². The zero-order valence-electron chi connectivity index (χ0n) is 16.5. The number of unbranched alkanes of at least 4 members (excludes halogenated alkanes) is 2. The third kappa shape index (κ3) is 7.95. The molecule has 0 bridgehead atoms. The molecule has 0 aliphatic carbocycles. The molecule has 27 heavy (non-hydrogen) atoms. The van der Waals surface area contributed by atoms with E-state index < -0.39 is 11.9 Å². The Labute approximate surface area is 161 Å². The third-order valence-corrected chi connectivity index (χ3v) is 3.93. The first kappa shape index (κ1) is 22.2. The lowest BCUT2D eigenvalue weighted by Gasteiger charge is -2.20. The minimum absolute atomic E-state index is 0.0664. The van der Waals surface area contributed by atoms with Gasteiger partial charge in [-0.1, -0.05) is 26.7 Å². The molecule has 1 aromatic rings. The molecule has 0 unspecified atom stereocenters. The Kier molecular flexibility index (Phi) is 10.3. The lowest BCUT2D eigenvalue weighted by atomic mass is 10.2. The van der Waals surface area contributed by atoms with Gasteiger partial charge in [0.25, 0.3) is 5.91 Å². The highest BCUT2D eigenvalue weighted by atomic mass is 16.5. The molecule has 0 saturated heterocycles. The predicted octanol–water partition coefficient (Wildman–Crippen LogP) is 4.11. The van der Waals surface area contributed by atoms with Crippen molar-refractivity contribution in [1.82, 2.24) is 4.90 Å². The van der Waals surface area contributed by atoms with Crippen LogP contribution >= 0.6 is 0 Å². The second-order valence-electron chi connectivity index (χ2n) is 6.15. The van der Waals surface area contributed by atoms with E-state index in [1.54, 1.807) is 37.4 Å². The number of nitrogens with one attached hydrogen (secondary N) is 1. The predicted molar refractivity (Wildman–Crippen MR) is 106 cm³/mol. The van der Waals surface area contributed by atoms with Crippen molar-refractivity contribution in [3.05, 3.63) is 41.6 Å². The molecule has 0 heterocycles. The van der Waals surface area contributed by atoms with Gasteiger partial charge in [-0.2, -0.15) is 5.26 Å². The summed E-state index contributed by atoms with van der Waals surface area (Å²) >= 11 is 0. The molecule has 6 heteroatoms. The molecule has 1 amide bonds. The van der Waals surface area contributed by atoms with Gasteiger partial charge >= 0.3 is 5.97 Å². The first-order valence-corrected chi connectivity index (χ1v) is 9.50. The smallest absolute Gasteiger partial charge is 0.338 e. The van der Waals surface area contributed by atoms with Crippen LogP contribution < -0.4 is 5.32 Å². The molecule has 0 aromatic heterocycles. The fourth-order valence-electron chi connectivity index (χ4n) is 2.39. The van der Waals surface area contributed by atoms with Crippen molar-refractivity contribution in [3.8, 4) is 6.07 Å². The molecular formula is C21H29N3O3. The summed E-state index contributed by atoms with van der Waals surface area (Å²) in [7, 11) is 0. The topological polar surface area (TPSA) is 82.4 Å². The number of rotatable bonds is 11. The summed E-state index contributed by atoms with van der Waals surface area (Å²) in [5.41, 5.74) is 0.996. The van der Waals surface area contributed by atoms with Crippen LogP contribution in [0.2, 0.25) is 0 Å². The highest BCUT2D eigenvalue weighted by Crippen LogP contribution is 2.12. The van der Waals surface area contributed by atoms with E-state index in [-0.39, 0.29) is 5.57 Å². The number of nitrogens with zero attached hydrogens (tertiary/aromatic N) is 2.